The summed E-state index contributed by atoms with van der Waals surface area (Å²) in [5.41, 5.74) is 2.22. The van der Waals surface area contributed by atoms with Gasteiger partial charge in [-0.25, -0.2) is 4.79 Å². The zero-order valence-corrected chi connectivity index (χ0v) is 14.5. The third-order valence-corrected chi connectivity index (χ3v) is 4.48. The summed E-state index contributed by atoms with van der Waals surface area (Å²) < 4.78 is 5.13. The molecule has 0 spiro atoms. The molecule has 0 saturated carbocycles. The van der Waals surface area contributed by atoms with Gasteiger partial charge < -0.3 is 9.57 Å². The number of benzene rings is 2. The Kier molecular flexibility index (Phi) is 5.59. The van der Waals surface area contributed by atoms with Crippen molar-refractivity contribution in [1.82, 2.24) is 0 Å². The number of nitrogens with zero attached hydrogens (tertiary/aromatic N) is 1. The van der Waals surface area contributed by atoms with Crippen molar-refractivity contribution in [2.45, 2.75) is 6.42 Å². The quantitative estimate of drug-likeness (QED) is 0.371. The van der Waals surface area contributed by atoms with Crippen molar-refractivity contribution in [2.75, 3.05) is 7.11 Å². The summed E-state index contributed by atoms with van der Waals surface area (Å²) in [5.74, 6) is 0.0854. The molecule has 0 N–H and O–H groups in total. The maximum atomic E-state index is 12.3. The second-order valence-corrected chi connectivity index (χ2v) is 6.24. The van der Waals surface area contributed by atoms with Crippen LogP contribution in [0.5, 0.6) is 5.75 Å². The molecular formula is C20H17NO3S. The first-order valence-corrected chi connectivity index (χ1v) is 8.64. The zero-order valence-electron chi connectivity index (χ0n) is 13.7. The normalized spacial score (nSPS) is 11.2. The first-order valence-electron chi connectivity index (χ1n) is 7.76. The van der Waals surface area contributed by atoms with Crippen LogP contribution in [0.1, 0.15) is 20.8 Å². The number of carbonyl (C=O) groups is 1. The molecule has 0 saturated heterocycles. The van der Waals surface area contributed by atoms with E-state index in [0.717, 1.165) is 16.2 Å². The number of rotatable bonds is 6. The Morgan fingerprint density at radius 1 is 1.04 bits per heavy atom. The molecule has 4 nitrogen and oxygen atoms in total. The van der Waals surface area contributed by atoms with Crippen molar-refractivity contribution in [2.24, 2.45) is 5.16 Å². The van der Waals surface area contributed by atoms with Gasteiger partial charge in [0.1, 0.15) is 11.5 Å². The fourth-order valence-electron chi connectivity index (χ4n) is 2.30. The first kappa shape index (κ1) is 16.9. The Labute approximate surface area is 150 Å². The number of ether oxygens (including phenoxy) is 1. The molecular weight excluding hydrogens is 334 g/mol. The molecule has 2 aromatic carbocycles. The number of thiophene rings is 1. The van der Waals surface area contributed by atoms with Gasteiger partial charge in [-0.05, 0) is 35.2 Å². The summed E-state index contributed by atoms with van der Waals surface area (Å²) in [7, 11) is 1.55. The second-order valence-electron chi connectivity index (χ2n) is 5.29. The maximum Gasteiger partial charge on any atom is 0.365 e. The molecule has 126 valence electrons. The van der Waals surface area contributed by atoms with Crippen LogP contribution in [0.4, 0.5) is 0 Å². The number of hydrogen-bond acceptors (Lipinski definition) is 5. The van der Waals surface area contributed by atoms with Gasteiger partial charge >= 0.3 is 5.97 Å². The lowest BCUT2D eigenvalue weighted by atomic mass is 10.1. The van der Waals surface area contributed by atoms with Gasteiger partial charge in [-0.2, -0.15) is 0 Å². The molecule has 0 unspecified atom stereocenters. The van der Waals surface area contributed by atoms with Crippen LogP contribution in [0, 0.1) is 0 Å². The average Bonchev–Trinajstić information content (AvgIpc) is 3.20. The van der Waals surface area contributed by atoms with Crippen molar-refractivity contribution in [3.05, 3.63) is 88.1 Å². The highest BCUT2D eigenvalue weighted by atomic mass is 32.1. The number of carbonyl (C=O) groups excluding carboxylic acids is 1. The lowest BCUT2D eigenvalue weighted by molar-refractivity contribution is 0.0515. The van der Waals surface area contributed by atoms with Crippen molar-refractivity contribution in [3.63, 3.8) is 0 Å². The molecule has 3 aromatic rings. The summed E-state index contributed by atoms with van der Waals surface area (Å²) in [6.45, 7) is 0. The highest BCUT2D eigenvalue weighted by Crippen LogP contribution is 2.16. The molecule has 0 fully saturated rings. The smallest absolute Gasteiger partial charge is 0.365 e. The lowest BCUT2D eigenvalue weighted by Crippen LogP contribution is -2.08. The molecule has 0 aliphatic heterocycles. The minimum Gasteiger partial charge on any atom is -0.497 e. The molecule has 0 amide bonds. The van der Waals surface area contributed by atoms with Crippen molar-refractivity contribution < 1.29 is 14.4 Å². The van der Waals surface area contributed by atoms with E-state index in [9.17, 15) is 4.79 Å². The van der Waals surface area contributed by atoms with Gasteiger partial charge in [0, 0.05) is 6.42 Å². The van der Waals surface area contributed by atoms with Crippen LogP contribution in [-0.2, 0) is 11.3 Å². The standard InChI is InChI=1S/C20H17NO3S/c1-23-17-10-5-9-16(14-17)20(22)24-21-18(19-11-6-12-25-19)13-15-7-3-2-4-8-15/h2-12,14H,13H2,1H3/b21-18+. The average molecular weight is 351 g/mol. The Hall–Kier alpha value is -2.92. The van der Waals surface area contributed by atoms with Gasteiger partial charge in [-0.3, -0.25) is 0 Å². The Morgan fingerprint density at radius 2 is 1.88 bits per heavy atom. The molecule has 0 atom stereocenters. The highest BCUT2D eigenvalue weighted by Gasteiger charge is 2.12. The first-order chi connectivity index (χ1) is 12.3. The predicted molar refractivity (Wildman–Crippen MR) is 99.4 cm³/mol. The highest BCUT2D eigenvalue weighted by molar-refractivity contribution is 7.12. The molecule has 3 rings (SSSR count). The van der Waals surface area contributed by atoms with Gasteiger partial charge in [0.15, 0.2) is 0 Å². The van der Waals surface area contributed by atoms with Crippen LogP contribution in [0.3, 0.4) is 0 Å². The SMILES string of the molecule is COc1cccc(C(=O)O/N=C(\Cc2ccccc2)c2cccs2)c1. The number of hydrogen-bond donors (Lipinski definition) is 0. The monoisotopic (exact) mass is 351 g/mol. The van der Waals surface area contributed by atoms with E-state index >= 15 is 0 Å². The number of oxime groups is 1. The molecule has 1 aromatic heterocycles. The van der Waals surface area contributed by atoms with Crippen LogP contribution < -0.4 is 4.74 Å². The molecule has 0 bridgehead atoms. The largest absolute Gasteiger partial charge is 0.497 e. The predicted octanol–water partition coefficient (Wildman–Crippen LogP) is 4.56. The van der Waals surface area contributed by atoms with Crippen LogP contribution >= 0.6 is 11.3 Å². The van der Waals surface area contributed by atoms with E-state index in [4.69, 9.17) is 9.57 Å². The van der Waals surface area contributed by atoms with E-state index in [0.29, 0.717) is 17.7 Å². The Bertz CT molecular complexity index is 858. The van der Waals surface area contributed by atoms with E-state index in [2.05, 4.69) is 5.16 Å². The van der Waals surface area contributed by atoms with Crippen molar-refractivity contribution in [3.8, 4) is 5.75 Å². The zero-order chi connectivity index (χ0) is 17.5. The molecule has 0 aliphatic rings. The van der Waals surface area contributed by atoms with E-state index in [1.807, 2.05) is 47.8 Å². The topological polar surface area (TPSA) is 47.9 Å². The van der Waals surface area contributed by atoms with E-state index in [1.165, 1.54) is 0 Å². The van der Waals surface area contributed by atoms with Crippen LogP contribution in [0.15, 0.2) is 77.3 Å². The lowest BCUT2D eigenvalue weighted by Gasteiger charge is -2.05. The number of methoxy groups -OCH3 is 1. The molecule has 5 heteroatoms. The summed E-state index contributed by atoms with van der Waals surface area (Å²) in [6, 6.07) is 20.7. The fourth-order valence-corrected chi connectivity index (χ4v) is 3.00. The van der Waals surface area contributed by atoms with Crippen molar-refractivity contribution >= 4 is 23.0 Å². The van der Waals surface area contributed by atoms with Gasteiger partial charge in [0.05, 0.1) is 17.6 Å². The van der Waals surface area contributed by atoms with Gasteiger partial charge in [0.25, 0.3) is 0 Å². The summed E-state index contributed by atoms with van der Waals surface area (Å²) in [4.78, 5) is 18.4. The van der Waals surface area contributed by atoms with Gasteiger partial charge in [0.2, 0.25) is 0 Å². The minimum atomic E-state index is -0.513. The summed E-state index contributed by atoms with van der Waals surface area (Å²) in [6.07, 6.45) is 0.590. The summed E-state index contributed by atoms with van der Waals surface area (Å²) in [5, 5.41) is 6.10. The van der Waals surface area contributed by atoms with Crippen LogP contribution in [-0.4, -0.2) is 18.8 Å². The van der Waals surface area contributed by atoms with Gasteiger partial charge in [-0.1, -0.05) is 47.6 Å². The van der Waals surface area contributed by atoms with Crippen molar-refractivity contribution in [1.29, 1.82) is 0 Å². The van der Waals surface area contributed by atoms with E-state index < -0.39 is 5.97 Å². The molecule has 25 heavy (non-hydrogen) atoms. The van der Waals surface area contributed by atoms with Crippen LogP contribution in [0.2, 0.25) is 0 Å². The summed E-state index contributed by atoms with van der Waals surface area (Å²) >= 11 is 1.56. The van der Waals surface area contributed by atoms with Gasteiger partial charge in [-0.15, -0.1) is 11.3 Å². The van der Waals surface area contributed by atoms with E-state index in [1.54, 1.807) is 42.7 Å². The second kappa shape index (κ2) is 8.26. The van der Waals surface area contributed by atoms with Crippen LogP contribution in [0.25, 0.3) is 0 Å². The maximum absolute atomic E-state index is 12.3. The fraction of sp³-hybridized carbons (Fsp3) is 0.100. The third kappa shape index (κ3) is 4.55. The van der Waals surface area contributed by atoms with E-state index in [-0.39, 0.29) is 0 Å². The Balaban J connectivity index is 1.79. The molecule has 1 heterocycles. The molecule has 0 aliphatic carbocycles. The third-order valence-electron chi connectivity index (χ3n) is 3.56. The minimum absolute atomic E-state index is 0.397. The Morgan fingerprint density at radius 3 is 2.60 bits per heavy atom. The molecule has 0 radical (unpaired) electrons.